The zero-order chi connectivity index (χ0) is 10.1. The molecule has 5 heteroatoms. The average molecular weight is 203 g/mol. The molecule has 1 rings (SSSR count). The molecule has 2 atom stereocenters. The number of hydrogen-bond donors (Lipinski definition) is 3. The molecule has 0 fully saturated rings. The highest BCUT2D eigenvalue weighted by Gasteiger charge is 2.47. The van der Waals surface area contributed by atoms with E-state index in [9.17, 15) is 14.4 Å². The minimum absolute atomic E-state index is 0.333. The molecular weight excluding hydrogens is 189 g/mol. The molecule has 0 amide bonds. The van der Waals surface area contributed by atoms with Crippen LogP contribution >= 0.6 is 7.60 Å². The molecule has 4 N–H and O–H groups in total. The number of rotatable bonds is 2. The van der Waals surface area contributed by atoms with E-state index in [1.54, 1.807) is 25.2 Å². The summed E-state index contributed by atoms with van der Waals surface area (Å²) < 4.78 is 11.3. The van der Waals surface area contributed by atoms with Crippen LogP contribution in [0.25, 0.3) is 0 Å². The third-order valence-corrected chi connectivity index (χ3v) is 4.35. The summed E-state index contributed by atoms with van der Waals surface area (Å²) in [5.74, 6) is 0. The summed E-state index contributed by atoms with van der Waals surface area (Å²) in [6.07, 6.45) is 6.79. The van der Waals surface area contributed by atoms with E-state index >= 15 is 0 Å². The highest BCUT2D eigenvalue weighted by molar-refractivity contribution is 7.54. The van der Waals surface area contributed by atoms with Gasteiger partial charge in [-0.25, -0.2) is 0 Å². The van der Waals surface area contributed by atoms with Crippen LogP contribution in [0.4, 0.5) is 0 Å². The first kappa shape index (κ1) is 10.7. The molecule has 0 spiro atoms. The zero-order valence-corrected chi connectivity index (χ0v) is 8.32. The molecule has 74 valence electrons. The van der Waals surface area contributed by atoms with Gasteiger partial charge in [-0.15, -0.1) is 0 Å². The van der Waals surface area contributed by atoms with Crippen LogP contribution in [-0.2, 0) is 4.57 Å². The lowest BCUT2D eigenvalue weighted by Crippen LogP contribution is -2.45. The second-order valence-corrected chi connectivity index (χ2v) is 5.08. The average Bonchev–Trinajstić information content (AvgIpc) is 2.03. The fourth-order valence-electron chi connectivity index (χ4n) is 1.53. The Balaban J connectivity index is 3.14. The lowest BCUT2D eigenvalue weighted by atomic mass is 9.92. The zero-order valence-electron chi connectivity index (χ0n) is 7.42. The predicted molar refractivity (Wildman–Crippen MR) is 51.3 cm³/mol. The minimum Gasteiger partial charge on any atom is -0.324 e. The summed E-state index contributed by atoms with van der Waals surface area (Å²) in [5.41, 5.74) is 5.68. The Morgan fingerprint density at radius 2 is 2.15 bits per heavy atom. The molecule has 2 unspecified atom stereocenters. The molecule has 0 aromatic carbocycles. The predicted octanol–water partition coefficient (Wildman–Crippen LogP) is 0.766. The number of hydrogen-bond acceptors (Lipinski definition) is 2. The molecule has 0 aromatic rings. The topological polar surface area (TPSA) is 83.5 Å². The van der Waals surface area contributed by atoms with Crippen molar-refractivity contribution in [3.8, 4) is 0 Å². The summed E-state index contributed by atoms with van der Waals surface area (Å²) in [4.78, 5) is 18.4. The monoisotopic (exact) mass is 203 g/mol. The molecule has 0 aromatic heterocycles. The Hall–Kier alpha value is -0.410. The Morgan fingerprint density at radius 1 is 1.54 bits per heavy atom. The van der Waals surface area contributed by atoms with E-state index in [1.165, 1.54) is 6.08 Å². The van der Waals surface area contributed by atoms with Crippen molar-refractivity contribution in [2.75, 3.05) is 0 Å². The van der Waals surface area contributed by atoms with Crippen molar-refractivity contribution < 1.29 is 14.4 Å². The maximum absolute atomic E-state index is 11.3. The fraction of sp³-hybridized carbons (Fsp3) is 0.500. The molecule has 1 aliphatic rings. The maximum Gasteiger partial charge on any atom is 0.337 e. The summed E-state index contributed by atoms with van der Waals surface area (Å²) in [7, 11) is -4.19. The second-order valence-electron chi connectivity index (χ2n) is 3.16. The van der Waals surface area contributed by atoms with Gasteiger partial charge >= 0.3 is 7.60 Å². The fourth-order valence-corrected chi connectivity index (χ4v) is 2.70. The van der Waals surface area contributed by atoms with Crippen LogP contribution in [0.15, 0.2) is 24.3 Å². The first-order valence-electron chi connectivity index (χ1n) is 4.11. The maximum atomic E-state index is 11.3. The molecule has 0 aliphatic heterocycles. The summed E-state index contributed by atoms with van der Waals surface area (Å²) in [5, 5.41) is -1.21. The van der Waals surface area contributed by atoms with Crippen LogP contribution in [0.5, 0.6) is 0 Å². The standard InChI is InChI=1S/C8H14NO3P/c1-2-8(13(10,11)12)6-4-3-5-7(8)9/h3-7H,2,9H2,1H3,(H2,10,11,12). The molecule has 0 bridgehead atoms. The first-order chi connectivity index (χ1) is 5.94. The van der Waals surface area contributed by atoms with Crippen LogP contribution in [-0.4, -0.2) is 21.0 Å². The first-order valence-corrected chi connectivity index (χ1v) is 5.72. The van der Waals surface area contributed by atoms with Crippen molar-refractivity contribution in [3.05, 3.63) is 24.3 Å². The smallest absolute Gasteiger partial charge is 0.324 e. The molecule has 13 heavy (non-hydrogen) atoms. The van der Waals surface area contributed by atoms with Gasteiger partial charge in [0.05, 0.1) is 0 Å². The van der Waals surface area contributed by atoms with Gasteiger partial charge in [0.1, 0.15) is 5.16 Å². The van der Waals surface area contributed by atoms with Crippen LogP contribution in [0.3, 0.4) is 0 Å². The van der Waals surface area contributed by atoms with Crippen LogP contribution < -0.4 is 5.73 Å². The third kappa shape index (κ3) is 1.63. The highest BCUT2D eigenvalue weighted by Crippen LogP contribution is 2.55. The van der Waals surface area contributed by atoms with Gasteiger partial charge in [-0.3, -0.25) is 4.57 Å². The third-order valence-electron chi connectivity index (χ3n) is 2.50. The molecular formula is C8H14NO3P. The normalized spacial score (nSPS) is 33.7. The van der Waals surface area contributed by atoms with E-state index in [2.05, 4.69) is 0 Å². The lowest BCUT2D eigenvalue weighted by molar-refractivity contribution is 0.328. The highest BCUT2D eigenvalue weighted by atomic mass is 31.2. The van der Waals surface area contributed by atoms with Gasteiger partial charge in [-0.05, 0) is 6.42 Å². The molecule has 0 saturated carbocycles. The van der Waals surface area contributed by atoms with E-state index < -0.39 is 18.8 Å². The molecule has 0 radical (unpaired) electrons. The molecule has 4 nitrogen and oxygen atoms in total. The summed E-state index contributed by atoms with van der Waals surface area (Å²) in [6.45, 7) is 1.72. The molecule has 0 saturated heterocycles. The van der Waals surface area contributed by atoms with Gasteiger partial charge in [0.2, 0.25) is 0 Å². The summed E-state index contributed by atoms with van der Waals surface area (Å²) in [6, 6.07) is -0.608. The van der Waals surface area contributed by atoms with Gasteiger partial charge in [-0.1, -0.05) is 31.2 Å². The number of nitrogens with two attached hydrogens (primary N) is 1. The van der Waals surface area contributed by atoms with Crippen molar-refractivity contribution >= 4 is 7.60 Å². The van der Waals surface area contributed by atoms with E-state index in [4.69, 9.17) is 5.73 Å². The quantitative estimate of drug-likeness (QED) is 0.579. The van der Waals surface area contributed by atoms with Crippen molar-refractivity contribution in [1.82, 2.24) is 0 Å². The van der Waals surface area contributed by atoms with E-state index in [-0.39, 0.29) is 0 Å². The van der Waals surface area contributed by atoms with Crippen LogP contribution in [0.1, 0.15) is 13.3 Å². The Bertz CT molecular complexity index is 294. The SMILES string of the molecule is CCC1(P(=O)(O)O)C=CC=CC1N. The lowest BCUT2D eigenvalue weighted by Gasteiger charge is -2.35. The largest absolute Gasteiger partial charge is 0.337 e. The van der Waals surface area contributed by atoms with Gasteiger partial charge in [0, 0.05) is 6.04 Å². The van der Waals surface area contributed by atoms with Crippen molar-refractivity contribution in [2.24, 2.45) is 5.73 Å². The van der Waals surface area contributed by atoms with Crippen molar-refractivity contribution in [1.29, 1.82) is 0 Å². The molecule has 1 aliphatic carbocycles. The van der Waals surface area contributed by atoms with Gasteiger partial charge < -0.3 is 15.5 Å². The summed E-state index contributed by atoms with van der Waals surface area (Å²) >= 11 is 0. The number of allylic oxidation sites excluding steroid dienone is 2. The van der Waals surface area contributed by atoms with E-state index in [0.717, 1.165) is 0 Å². The second kappa shape index (κ2) is 3.39. The van der Waals surface area contributed by atoms with E-state index in [1.807, 2.05) is 0 Å². The van der Waals surface area contributed by atoms with E-state index in [0.29, 0.717) is 6.42 Å². The minimum atomic E-state index is -4.19. The van der Waals surface area contributed by atoms with Crippen LogP contribution in [0, 0.1) is 0 Å². The Morgan fingerprint density at radius 3 is 2.46 bits per heavy atom. The van der Waals surface area contributed by atoms with Gasteiger partial charge in [0.15, 0.2) is 0 Å². The van der Waals surface area contributed by atoms with Gasteiger partial charge in [-0.2, -0.15) is 0 Å². The Kier molecular flexibility index (Phi) is 2.78. The molecule has 0 heterocycles. The van der Waals surface area contributed by atoms with Crippen molar-refractivity contribution in [2.45, 2.75) is 24.5 Å². The van der Waals surface area contributed by atoms with Gasteiger partial charge in [0.25, 0.3) is 0 Å². The van der Waals surface area contributed by atoms with Crippen molar-refractivity contribution in [3.63, 3.8) is 0 Å². The Labute approximate surface area is 77.3 Å². The van der Waals surface area contributed by atoms with Crippen LogP contribution in [0.2, 0.25) is 0 Å².